The third-order valence-corrected chi connectivity index (χ3v) is 4.66. The molecule has 1 unspecified atom stereocenters. The Morgan fingerprint density at radius 3 is 2.71 bits per heavy atom. The quantitative estimate of drug-likeness (QED) is 0.673. The first-order valence-corrected chi connectivity index (χ1v) is 8.58. The smallest absolute Gasteiger partial charge is 0.313 e. The molecule has 0 bridgehead atoms. The van der Waals surface area contributed by atoms with Gasteiger partial charge in [0.2, 0.25) is 0 Å². The summed E-state index contributed by atoms with van der Waals surface area (Å²) in [6.07, 6.45) is 4.04. The van der Waals surface area contributed by atoms with Gasteiger partial charge < -0.3 is 14.6 Å². The number of imidazole rings is 1. The summed E-state index contributed by atoms with van der Waals surface area (Å²) in [7, 11) is 0. The van der Waals surface area contributed by atoms with Crippen LogP contribution in [0, 0.1) is 6.92 Å². The van der Waals surface area contributed by atoms with Crippen LogP contribution in [0.3, 0.4) is 0 Å². The van der Waals surface area contributed by atoms with Crippen LogP contribution in [0.1, 0.15) is 45.3 Å². The van der Waals surface area contributed by atoms with Gasteiger partial charge >= 0.3 is 5.97 Å². The molecule has 0 saturated heterocycles. The lowest BCUT2D eigenvalue weighted by Crippen LogP contribution is -2.24. The summed E-state index contributed by atoms with van der Waals surface area (Å²) in [4.78, 5) is 17.5. The number of nitrogens with zero attached hydrogens (tertiary/aromatic N) is 3. The van der Waals surface area contributed by atoms with E-state index in [0.717, 1.165) is 43.3 Å². The summed E-state index contributed by atoms with van der Waals surface area (Å²) in [6.45, 7) is 11.9. The van der Waals surface area contributed by atoms with Crippen LogP contribution in [0.15, 0.2) is 11.4 Å². The van der Waals surface area contributed by atoms with E-state index in [-0.39, 0.29) is 5.75 Å². The minimum absolute atomic E-state index is 0.0582. The Bertz CT molecular complexity index is 444. The third-order valence-electron chi connectivity index (χ3n) is 3.70. The number of aromatic nitrogens is 2. The topological polar surface area (TPSA) is 58.4 Å². The van der Waals surface area contributed by atoms with Gasteiger partial charge in [0.1, 0.15) is 0 Å². The van der Waals surface area contributed by atoms with Gasteiger partial charge in [0.25, 0.3) is 0 Å². The van der Waals surface area contributed by atoms with Crippen molar-refractivity contribution in [2.45, 2.75) is 51.7 Å². The molecule has 120 valence electrons. The van der Waals surface area contributed by atoms with E-state index in [1.54, 1.807) is 0 Å². The van der Waals surface area contributed by atoms with Crippen LogP contribution in [-0.4, -0.2) is 50.9 Å². The standard InChI is InChI=1S/C15H27N3O2S/c1-5-17(6-2)9-7-8-12(3)18-13(4)10-16-15(18)21-11-14(19)20/h10,12H,5-9,11H2,1-4H3,(H,19,20). The van der Waals surface area contributed by atoms with E-state index in [0.29, 0.717) is 6.04 Å². The number of hydrogen-bond donors (Lipinski definition) is 1. The Morgan fingerprint density at radius 2 is 2.14 bits per heavy atom. The molecule has 0 aliphatic heterocycles. The van der Waals surface area contributed by atoms with Crippen LogP contribution in [0.5, 0.6) is 0 Å². The fraction of sp³-hybridized carbons (Fsp3) is 0.733. The number of carboxylic acid groups (broad SMARTS) is 1. The van der Waals surface area contributed by atoms with Crippen molar-refractivity contribution in [3.05, 3.63) is 11.9 Å². The van der Waals surface area contributed by atoms with Gasteiger partial charge in [-0.15, -0.1) is 0 Å². The second-order valence-electron chi connectivity index (χ2n) is 5.25. The molecule has 0 aliphatic carbocycles. The van der Waals surface area contributed by atoms with Crippen molar-refractivity contribution >= 4 is 17.7 Å². The van der Waals surface area contributed by atoms with E-state index >= 15 is 0 Å². The van der Waals surface area contributed by atoms with Gasteiger partial charge in [-0.1, -0.05) is 25.6 Å². The molecule has 1 aromatic rings. The molecule has 21 heavy (non-hydrogen) atoms. The maximum atomic E-state index is 10.7. The maximum absolute atomic E-state index is 10.7. The van der Waals surface area contributed by atoms with Crippen molar-refractivity contribution in [1.82, 2.24) is 14.5 Å². The van der Waals surface area contributed by atoms with Gasteiger partial charge in [-0.25, -0.2) is 4.98 Å². The predicted molar refractivity (Wildman–Crippen MR) is 87.1 cm³/mol. The molecule has 0 aromatic carbocycles. The maximum Gasteiger partial charge on any atom is 0.313 e. The average Bonchev–Trinajstić information content (AvgIpc) is 2.82. The number of rotatable bonds is 10. The van der Waals surface area contributed by atoms with E-state index in [9.17, 15) is 4.79 Å². The first kappa shape index (κ1) is 18.0. The summed E-state index contributed by atoms with van der Waals surface area (Å²) < 4.78 is 2.16. The van der Waals surface area contributed by atoms with Crippen molar-refractivity contribution < 1.29 is 9.90 Å². The first-order chi connectivity index (χ1) is 9.99. The summed E-state index contributed by atoms with van der Waals surface area (Å²) in [5.41, 5.74) is 1.10. The zero-order valence-electron chi connectivity index (χ0n) is 13.5. The zero-order valence-corrected chi connectivity index (χ0v) is 14.3. The highest BCUT2D eigenvalue weighted by molar-refractivity contribution is 7.99. The van der Waals surface area contributed by atoms with Crippen LogP contribution in [0.2, 0.25) is 0 Å². The van der Waals surface area contributed by atoms with Crippen molar-refractivity contribution in [2.24, 2.45) is 0 Å². The number of aliphatic carboxylic acids is 1. The molecule has 1 aromatic heterocycles. The van der Waals surface area contributed by atoms with E-state index in [4.69, 9.17) is 5.11 Å². The van der Waals surface area contributed by atoms with Crippen molar-refractivity contribution in [1.29, 1.82) is 0 Å². The fourth-order valence-electron chi connectivity index (χ4n) is 2.47. The number of hydrogen-bond acceptors (Lipinski definition) is 4. The lowest BCUT2D eigenvalue weighted by atomic mass is 10.1. The largest absolute Gasteiger partial charge is 0.481 e. The van der Waals surface area contributed by atoms with E-state index in [2.05, 4.69) is 35.2 Å². The van der Waals surface area contributed by atoms with Crippen LogP contribution in [0.25, 0.3) is 0 Å². The van der Waals surface area contributed by atoms with E-state index < -0.39 is 5.97 Å². The predicted octanol–water partition coefficient (Wildman–Crippen LogP) is 3.05. The van der Waals surface area contributed by atoms with Crippen LogP contribution in [-0.2, 0) is 4.79 Å². The molecule has 1 atom stereocenters. The Labute approximate surface area is 131 Å². The Morgan fingerprint density at radius 1 is 1.48 bits per heavy atom. The SMILES string of the molecule is CCN(CC)CCCC(C)n1c(C)cnc1SCC(=O)O. The zero-order chi connectivity index (χ0) is 15.8. The molecule has 1 rings (SSSR count). The summed E-state index contributed by atoms with van der Waals surface area (Å²) in [6, 6.07) is 0.347. The second kappa shape index (κ2) is 9.10. The summed E-state index contributed by atoms with van der Waals surface area (Å²) in [5, 5.41) is 9.61. The Hall–Kier alpha value is -1.01. The molecule has 1 N–H and O–H groups in total. The highest BCUT2D eigenvalue weighted by Gasteiger charge is 2.15. The molecule has 0 amide bonds. The van der Waals surface area contributed by atoms with Gasteiger partial charge in [-0.05, 0) is 46.3 Å². The van der Waals surface area contributed by atoms with Gasteiger partial charge in [0.15, 0.2) is 5.16 Å². The van der Waals surface area contributed by atoms with Gasteiger partial charge in [-0.2, -0.15) is 0 Å². The number of thioether (sulfide) groups is 1. The molecule has 6 heteroatoms. The fourth-order valence-corrected chi connectivity index (χ4v) is 3.32. The molecule has 0 radical (unpaired) electrons. The highest BCUT2D eigenvalue weighted by Crippen LogP contribution is 2.25. The van der Waals surface area contributed by atoms with E-state index in [1.165, 1.54) is 11.8 Å². The van der Waals surface area contributed by atoms with Crippen LogP contribution < -0.4 is 0 Å². The number of carboxylic acids is 1. The van der Waals surface area contributed by atoms with Crippen LogP contribution in [0.4, 0.5) is 0 Å². The van der Waals surface area contributed by atoms with Crippen molar-refractivity contribution in [3.8, 4) is 0 Å². The van der Waals surface area contributed by atoms with Gasteiger partial charge in [0, 0.05) is 17.9 Å². The van der Waals surface area contributed by atoms with Crippen molar-refractivity contribution in [2.75, 3.05) is 25.4 Å². The molecule has 1 heterocycles. The van der Waals surface area contributed by atoms with E-state index in [1.807, 2.05) is 13.1 Å². The highest BCUT2D eigenvalue weighted by atomic mass is 32.2. The van der Waals surface area contributed by atoms with Crippen LogP contribution >= 0.6 is 11.8 Å². The van der Waals surface area contributed by atoms with Gasteiger partial charge in [-0.3, -0.25) is 4.79 Å². The Kier molecular flexibility index (Phi) is 7.82. The average molecular weight is 313 g/mol. The molecule has 0 aliphatic rings. The number of aryl methyl sites for hydroxylation is 1. The molecule has 5 nitrogen and oxygen atoms in total. The third kappa shape index (κ3) is 5.71. The molecule has 0 saturated carbocycles. The number of carbonyl (C=O) groups is 1. The second-order valence-corrected chi connectivity index (χ2v) is 6.20. The molecule has 0 fully saturated rings. The molecule has 0 spiro atoms. The molecular formula is C15H27N3O2S. The van der Waals surface area contributed by atoms with Gasteiger partial charge in [0.05, 0.1) is 5.75 Å². The minimum atomic E-state index is -0.804. The normalized spacial score (nSPS) is 12.8. The first-order valence-electron chi connectivity index (χ1n) is 7.60. The minimum Gasteiger partial charge on any atom is -0.481 e. The lowest BCUT2D eigenvalue weighted by molar-refractivity contribution is -0.133. The molecular weight excluding hydrogens is 286 g/mol. The lowest BCUT2D eigenvalue weighted by Gasteiger charge is -2.21. The monoisotopic (exact) mass is 313 g/mol. The summed E-state index contributed by atoms with van der Waals surface area (Å²) >= 11 is 1.29. The van der Waals surface area contributed by atoms with Crippen molar-refractivity contribution in [3.63, 3.8) is 0 Å². The summed E-state index contributed by atoms with van der Waals surface area (Å²) in [5.74, 6) is -0.746. The Balaban J connectivity index is 2.58.